The summed E-state index contributed by atoms with van der Waals surface area (Å²) in [6.07, 6.45) is 1.44. The molecule has 0 radical (unpaired) electrons. The van der Waals surface area contributed by atoms with Crippen molar-refractivity contribution < 1.29 is 19.0 Å². The van der Waals surface area contributed by atoms with Crippen molar-refractivity contribution in [3.8, 4) is 11.5 Å². The third-order valence-corrected chi connectivity index (χ3v) is 6.37. The second kappa shape index (κ2) is 10.4. The largest absolute Gasteiger partial charge is 0.493 e. The molecule has 0 amide bonds. The molecule has 1 aliphatic rings. The van der Waals surface area contributed by atoms with Gasteiger partial charge in [0.05, 0.1) is 25.5 Å². The van der Waals surface area contributed by atoms with Gasteiger partial charge in [0.2, 0.25) is 5.95 Å². The van der Waals surface area contributed by atoms with Crippen molar-refractivity contribution in [2.75, 3.05) is 19.5 Å². The molecule has 4 aromatic rings. The van der Waals surface area contributed by atoms with Gasteiger partial charge >= 0.3 is 5.97 Å². The quantitative estimate of drug-likeness (QED) is 0.328. The number of ether oxygens (including phenoxy) is 3. The van der Waals surface area contributed by atoms with Crippen LogP contribution in [0.3, 0.4) is 0 Å². The first-order chi connectivity index (χ1) is 18.0. The lowest BCUT2D eigenvalue weighted by Crippen LogP contribution is -2.29. The second-order valence-electron chi connectivity index (χ2n) is 8.53. The summed E-state index contributed by atoms with van der Waals surface area (Å²) in [5, 5.41) is 8.21. The molecule has 0 fully saturated rings. The molecule has 3 aromatic carbocycles. The summed E-state index contributed by atoms with van der Waals surface area (Å²) in [5.74, 6) is 1.10. The molecule has 37 heavy (non-hydrogen) atoms. The standard InChI is InChI=1S/C28H25ClN4O4/c1-17-5-4-6-18(13-17)15-37-22-12-9-20(14-23(22)35-2)26-24(27(34)36-3)25(19-7-10-21(29)11-8-19)32-28-30-16-31-33(26)28/h4-14,16,26H,15H2,1-3H3,(H,30,31,32)/t26-/m1/s1. The van der Waals surface area contributed by atoms with Gasteiger partial charge < -0.3 is 19.5 Å². The fraction of sp³-hybridized carbons (Fsp3) is 0.179. The number of hydrogen-bond acceptors (Lipinski definition) is 7. The highest BCUT2D eigenvalue weighted by atomic mass is 35.5. The van der Waals surface area contributed by atoms with Gasteiger partial charge in [0.15, 0.2) is 11.5 Å². The normalized spacial score (nSPS) is 14.5. The van der Waals surface area contributed by atoms with Crippen LogP contribution in [0.25, 0.3) is 5.70 Å². The Morgan fingerprint density at radius 2 is 1.86 bits per heavy atom. The summed E-state index contributed by atoms with van der Waals surface area (Å²) in [6, 6.07) is 20.3. The Hall–Kier alpha value is -4.30. The number of halogens is 1. The lowest BCUT2D eigenvalue weighted by molar-refractivity contribution is -0.136. The Kier molecular flexibility index (Phi) is 6.83. The zero-order valence-electron chi connectivity index (χ0n) is 20.6. The molecule has 1 atom stereocenters. The molecule has 9 heteroatoms. The zero-order chi connectivity index (χ0) is 25.9. The summed E-state index contributed by atoms with van der Waals surface area (Å²) in [7, 11) is 2.93. The van der Waals surface area contributed by atoms with Crippen molar-refractivity contribution in [2.24, 2.45) is 0 Å². The van der Waals surface area contributed by atoms with Crippen molar-refractivity contribution in [2.45, 2.75) is 19.6 Å². The van der Waals surface area contributed by atoms with Gasteiger partial charge in [-0.25, -0.2) is 9.48 Å². The molecule has 0 saturated heterocycles. The van der Waals surface area contributed by atoms with Crippen LogP contribution in [-0.2, 0) is 16.1 Å². The number of aryl methyl sites for hydroxylation is 1. The van der Waals surface area contributed by atoms with Gasteiger partial charge in [-0.15, -0.1) is 0 Å². The van der Waals surface area contributed by atoms with Crippen LogP contribution in [-0.4, -0.2) is 35.0 Å². The van der Waals surface area contributed by atoms with Gasteiger partial charge in [-0.05, 0) is 47.9 Å². The van der Waals surface area contributed by atoms with Crippen LogP contribution in [0, 0.1) is 6.92 Å². The number of carbonyl (C=O) groups is 1. The maximum atomic E-state index is 13.2. The minimum atomic E-state index is -0.628. The van der Waals surface area contributed by atoms with Crippen LogP contribution in [0.4, 0.5) is 5.95 Å². The summed E-state index contributed by atoms with van der Waals surface area (Å²) in [5.41, 5.74) is 4.66. The van der Waals surface area contributed by atoms with E-state index < -0.39 is 12.0 Å². The van der Waals surface area contributed by atoms with Crippen molar-refractivity contribution in [1.82, 2.24) is 14.8 Å². The molecule has 0 unspecified atom stereocenters. The van der Waals surface area contributed by atoms with E-state index in [4.69, 9.17) is 25.8 Å². The van der Waals surface area contributed by atoms with E-state index >= 15 is 0 Å². The molecule has 0 saturated carbocycles. The predicted molar refractivity (Wildman–Crippen MR) is 141 cm³/mol. The van der Waals surface area contributed by atoms with Crippen molar-refractivity contribution in [1.29, 1.82) is 0 Å². The first-order valence-electron chi connectivity index (χ1n) is 11.6. The molecular formula is C28H25ClN4O4. The molecule has 1 aromatic heterocycles. The van der Waals surface area contributed by atoms with Crippen LogP contribution in [0.15, 0.2) is 78.6 Å². The molecule has 1 N–H and O–H groups in total. The highest BCUT2D eigenvalue weighted by Crippen LogP contribution is 2.41. The first-order valence-corrected chi connectivity index (χ1v) is 12.0. The van der Waals surface area contributed by atoms with Gasteiger partial charge in [-0.2, -0.15) is 10.1 Å². The molecular weight excluding hydrogens is 492 g/mol. The van der Waals surface area contributed by atoms with Crippen LogP contribution in [0.1, 0.15) is 28.3 Å². The number of fused-ring (bicyclic) bond motifs is 1. The highest BCUT2D eigenvalue weighted by Gasteiger charge is 2.36. The van der Waals surface area contributed by atoms with Gasteiger partial charge in [0.25, 0.3) is 0 Å². The van der Waals surface area contributed by atoms with Crippen LogP contribution in [0.2, 0.25) is 5.02 Å². The zero-order valence-corrected chi connectivity index (χ0v) is 21.3. The molecule has 0 bridgehead atoms. The molecule has 1 aliphatic heterocycles. The Bertz CT molecular complexity index is 1480. The predicted octanol–water partition coefficient (Wildman–Crippen LogP) is 5.43. The van der Waals surface area contributed by atoms with E-state index in [1.807, 2.05) is 55.5 Å². The lowest BCUT2D eigenvalue weighted by atomic mass is 9.92. The molecule has 8 nitrogen and oxygen atoms in total. The van der Waals surface area contributed by atoms with Gasteiger partial charge in [-0.1, -0.05) is 59.6 Å². The summed E-state index contributed by atoms with van der Waals surface area (Å²) in [6.45, 7) is 2.44. The van der Waals surface area contributed by atoms with Crippen molar-refractivity contribution >= 4 is 29.2 Å². The number of benzene rings is 3. The molecule has 2 heterocycles. The SMILES string of the molecule is COC(=O)C1=C(c2ccc(Cl)cc2)Nc2ncnn2[C@@H]1c1ccc(OCc2cccc(C)c2)c(OC)c1. The van der Waals surface area contributed by atoms with Crippen molar-refractivity contribution in [3.63, 3.8) is 0 Å². The van der Waals surface area contributed by atoms with Crippen LogP contribution in [0.5, 0.6) is 11.5 Å². The van der Waals surface area contributed by atoms with Gasteiger partial charge in [-0.3, -0.25) is 0 Å². The van der Waals surface area contributed by atoms with E-state index in [9.17, 15) is 4.79 Å². The topological polar surface area (TPSA) is 87.5 Å². The number of rotatable bonds is 7. The maximum Gasteiger partial charge on any atom is 0.338 e. The number of nitrogens with one attached hydrogen (secondary N) is 1. The number of anilines is 1. The minimum Gasteiger partial charge on any atom is -0.493 e. The van der Waals surface area contributed by atoms with Gasteiger partial charge in [0, 0.05) is 5.02 Å². The minimum absolute atomic E-state index is 0.373. The molecule has 5 rings (SSSR count). The van der Waals surface area contributed by atoms with Crippen LogP contribution >= 0.6 is 11.6 Å². The summed E-state index contributed by atoms with van der Waals surface area (Å²) < 4.78 is 18.6. The number of methoxy groups -OCH3 is 2. The molecule has 0 spiro atoms. The monoisotopic (exact) mass is 516 g/mol. The van der Waals surface area contributed by atoms with E-state index in [2.05, 4.69) is 21.5 Å². The van der Waals surface area contributed by atoms with Crippen LogP contribution < -0.4 is 14.8 Å². The lowest BCUT2D eigenvalue weighted by Gasteiger charge is -2.29. The third kappa shape index (κ3) is 4.88. The van der Waals surface area contributed by atoms with E-state index in [-0.39, 0.29) is 0 Å². The average molecular weight is 517 g/mol. The van der Waals surface area contributed by atoms with E-state index in [0.717, 1.165) is 22.3 Å². The fourth-order valence-electron chi connectivity index (χ4n) is 4.38. The number of nitrogens with zero attached hydrogens (tertiary/aromatic N) is 3. The Balaban J connectivity index is 1.57. The second-order valence-corrected chi connectivity index (χ2v) is 8.97. The number of carbonyl (C=O) groups excluding carboxylic acids is 1. The molecule has 0 aliphatic carbocycles. The Morgan fingerprint density at radius 3 is 2.59 bits per heavy atom. The van der Waals surface area contributed by atoms with Crippen molar-refractivity contribution in [3.05, 3.63) is 106 Å². The highest BCUT2D eigenvalue weighted by molar-refractivity contribution is 6.30. The maximum absolute atomic E-state index is 13.2. The first kappa shape index (κ1) is 24.4. The number of hydrogen-bond donors (Lipinski definition) is 1. The number of aromatic nitrogens is 3. The Morgan fingerprint density at radius 1 is 1.05 bits per heavy atom. The van der Waals surface area contributed by atoms with E-state index in [1.165, 1.54) is 13.4 Å². The molecule has 188 valence electrons. The summed E-state index contributed by atoms with van der Waals surface area (Å²) in [4.78, 5) is 17.5. The van der Waals surface area contributed by atoms with E-state index in [0.29, 0.717) is 40.3 Å². The number of esters is 1. The van der Waals surface area contributed by atoms with Gasteiger partial charge in [0.1, 0.15) is 19.0 Å². The summed E-state index contributed by atoms with van der Waals surface area (Å²) >= 11 is 6.11. The Labute approximate surface area is 219 Å². The third-order valence-electron chi connectivity index (χ3n) is 6.12. The van der Waals surface area contributed by atoms with E-state index in [1.54, 1.807) is 23.9 Å². The fourth-order valence-corrected chi connectivity index (χ4v) is 4.50. The smallest absolute Gasteiger partial charge is 0.338 e. The average Bonchev–Trinajstić information content (AvgIpc) is 3.39.